The molecule has 1 saturated heterocycles. The van der Waals surface area contributed by atoms with Crippen molar-refractivity contribution in [2.75, 3.05) is 20.2 Å². The maximum atomic E-state index is 9.18. The second-order valence-corrected chi connectivity index (χ2v) is 6.41. The molecule has 112 valence electrons. The molecule has 21 heavy (non-hydrogen) atoms. The average molecular weight is 286 g/mol. The fourth-order valence-electron chi connectivity index (χ4n) is 3.65. The molecule has 2 atom stereocenters. The lowest BCUT2D eigenvalue weighted by molar-refractivity contribution is -0.109. The van der Waals surface area contributed by atoms with Gasteiger partial charge in [0, 0.05) is 12.7 Å². The largest absolute Gasteiger partial charge is 0.485 e. The first-order valence-corrected chi connectivity index (χ1v) is 7.57. The molecule has 0 aliphatic carbocycles. The summed E-state index contributed by atoms with van der Waals surface area (Å²) in [4.78, 5) is 2.47. The van der Waals surface area contributed by atoms with E-state index in [2.05, 4.69) is 24.8 Å². The number of likely N-dealkylation sites (tertiary alicyclic amines) is 1. The fourth-order valence-corrected chi connectivity index (χ4v) is 3.65. The van der Waals surface area contributed by atoms with Gasteiger partial charge in [0.1, 0.15) is 17.5 Å². The average Bonchev–Trinajstić information content (AvgIpc) is 2.98. The summed E-state index contributed by atoms with van der Waals surface area (Å²) in [6.07, 6.45) is 2.40. The first-order valence-electron chi connectivity index (χ1n) is 7.57. The standard InChI is InChI=1S/C17H22N2O2/c1-17(2)16(20-3)15(19-8-4-5-9-19)13-10-12(11-18)6-7-14(13)21-17/h6-7,10,15-16H,4-5,8-9H2,1-3H3. The quantitative estimate of drug-likeness (QED) is 0.838. The molecule has 1 aromatic rings. The molecule has 2 aliphatic rings. The summed E-state index contributed by atoms with van der Waals surface area (Å²) in [6, 6.07) is 8.09. The summed E-state index contributed by atoms with van der Waals surface area (Å²) in [7, 11) is 1.75. The van der Waals surface area contributed by atoms with Gasteiger partial charge in [-0.1, -0.05) is 0 Å². The highest BCUT2D eigenvalue weighted by Crippen LogP contribution is 2.45. The van der Waals surface area contributed by atoms with E-state index < -0.39 is 0 Å². The van der Waals surface area contributed by atoms with Crippen LogP contribution in [0.2, 0.25) is 0 Å². The second-order valence-electron chi connectivity index (χ2n) is 6.41. The molecule has 0 aromatic heterocycles. The van der Waals surface area contributed by atoms with Crippen LogP contribution >= 0.6 is 0 Å². The van der Waals surface area contributed by atoms with Crippen LogP contribution in [0, 0.1) is 11.3 Å². The molecule has 1 aromatic carbocycles. The number of methoxy groups -OCH3 is 1. The molecular weight excluding hydrogens is 264 g/mol. The molecule has 0 spiro atoms. The summed E-state index contributed by atoms with van der Waals surface area (Å²) in [5, 5.41) is 9.18. The monoisotopic (exact) mass is 286 g/mol. The van der Waals surface area contributed by atoms with E-state index in [0.29, 0.717) is 5.56 Å². The molecule has 4 heteroatoms. The van der Waals surface area contributed by atoms with Gasteiger partial charge in [0.2, 0.25) is 0 Å². The maximum absolute atomic E-state index is 9.18. The highest BCUT2D eigenvalue weighted by atomic mass is 16.6. The normalized spacial score (nSPS) is 27.7. The first kappa shape index (κ1) is 14.4. The number of hydrogen-bond acceptors (Lipinski definition) is 4. The van der Waals surface area contributed by atoms with E-state index in [1.807, 2.05) is 18.2 Å². The molecule has 2 aliphatic heterocycles. The second kappa shape index (κ2) is 5.32. The van der Waals surface area contributed by atoms with Gasteiger partial charge in [0.05, 0.1) is 17.7 Å². The Morgan fingerprint density at radius 2 is 2.05 bits per heavy atom. The van der Waals surface area contributed by atoms with Gasteiger partial charge < -0.3 is 9.47 Å². The van der Waals surface area contributed by atoms with Gasteiger partial charge in [-0.15, -0.1) is 0 Å². The molecule has 0 saturated carbocycles. The highest BCUT2D eigenvalue weighted by Gasteiger charge is 2.47. The van der Waals surface area contributed by atoms with Crippen LogP contribution in [-0.2, 0) is 4.74 Å². The van der Waals surface area contributed by atoms with Crippen LogP contribution < -0.4 is 4.74 Å². The molecule has 0 amide bonds. The zero-order valence-corrected chi connectivity index (χ0v) is 12.9. The SMILES string of the molecule is COC1C(N2CCCC2)c2cc(C#N)ccc2OC1(C)C. The van der Waals surface area contributed by atoms with Crippen LogP contribution in [0.1, 0.15) is 43.9 Å². The van der Waals surface area contributed by atoms with E-state index in [1.54, 1.807) is 7.11 Å². The molecule has 2 unspecified atom stereocenters. The summed E-state index contributed by atoms with van der Waals surface area (Å²) in [6.45, 7) is 6.31. The van der Waals surface area contributed by atoms with Crippen molar-refractivity contribution in [3.8, 4) is 11.8 Å². The number of fused-ring (bicyclic) bond motifs is 1. The van der Waals surface area contributed by atoms with Gasteiger partial charge in [0.15, 0.2) is 0 Å². The predicted octanol–water partition coefficient (Wildman–Crippen LogP) is 2.88. The van der Waals surface area contributed by atoms with Crippen molar-refractivity contribution in [3.05, 3.63) is 29.3 Å². The Morgan fingerprint density at radius 3 is 2.67 bits per heavy atom. The van der Waals surface area contributed by atoms with Gasteiger partial charge in [-0.2, -0.15) is 5.26 Å². The van der Waals surface area contributed by atoms with Gasteiger partial charge in [-0.25, -0.2) is 0 Å². The van der Waals surface area contributed by atoms with Crippen molar-refractivity contribution in [2.45, 2.75) is 44.4 Å². The van der Waals surface area contributed by atoms with Crippen molar-refractivity contribution in [3.63, 3.8) is 0 Å². The molecule has 0 radical (unpaired) electrons. The van der Waals surface area contributed by atoms with Crippen molar-refractivity contribution in [2.24, 2.45) is 0 Å². The fraction of sp³-hybridized carbons (Fsp3) is 0.588. The summed E-state index contributed by atoms with van der Waals surface area (Å²) < 4.78 is 12.0. The van der Waals surface area contributed by atoms with Gasteiger partial charge >= 0.3 is 0 Å². The molecule has 2 heterocycles. The Kier molecular flexibility index (Phi) is 3.64. The van der Waals surface area contributed by atoms with Crippen LogP contribution in [0.25, 0.3) is 0 Å². The Balaban J connectivity index is 2.10. The zero-order chi connectivity index (χ0) is 15.0. The minimum absolute atomic E-state index is 0.0444. The van der Waals surface area contributed by atoms with E-state index in [0.717, 1.165) is 24.4 Å². The summed E-state index contributed by atoms with van der Waals surface area (Å²) in [5.74, 6) is 0.879. The van der Waals surface area contributed by atoms with Gasteiger partial charge in [0.25, 0.3) is 0 Å². The number of ether oxygens (including phenoxy) is 2. The molecule has 3 rings (SSSR count). The Morgan fingerprint density at radius 1 is 1.33 bits per heavy atom. The van der Waals surface area contributed by atoms with Gasteiger partial charge in [-0.05, 0) is 58.0 Å². The maximum Gasteiger partial charge on any atom is 0.131 e. The van der Waals surface area contributed by atoms with Gasteiger partial charge in [-0.3, -0.25) is 4.90 Å². The Bertz CT molecular complexity index is 571. The van der Waals surface area contributed by atoms with E-state index in [1.165, 1.54) is 12.8 Å². The Hall–Kier alpha value is -1.57. The molecular formula is C17H22N2O2. The zero-order valence-electron chi connectivity index (χ0n) is 12.9. The Labute approximate surface area is 126 Å². The first-order chi connectivity index (χ1) is 10.1. The highest BCUT2D eigenvalue weighted by molar-refractivity contribution is 5.46. The van der Waals surface area contributed by atoms with E-state index >= 15 is 0 Å². The number of hydrogen-bond donors (Lipinski definition) is 0. The predicted molar refractivity (Wildman–Crippen MR) is 80.2 cm³/mol. The third-order valence-corrected chi connectivity index (χ3v) is 4.59. The smallest absolute Gasteiger partial charge is 0.131 e. The third kappa shape index (κ3) is 2.41. The number of benzene rings is 1. The summed E-state index contributed by atoms with van der Waals surface area (Å²) >= 11 is 0. The molecule has 1 fully saturated rings. The van der Waals surface area contributed by atoms with Crippen molar-refractivity contribution >= 4 is 0 Å². The molecule has 0 bridgehead atoms. The number of nitriles is 1. The summed E-state index contributed by atoms with van der Waals surface area (Å²) in [5.41, 5.74) is 1.38. The molecule has 4 nitrogen and oxygen atoms in total. The minimum Gasteiger partial charge on any atom is -0.485 e. The lowest BCUT2D eigenvalue weighted by atomic mass is 9.85. The number of nitrogens with zero attached hydrogens (tertiary/aromatic N) is 2. The van der Waals surface area contributed by atoms with Crippen LogP contribution in [-0.4, -0.2) is 36.8 Å². The van der Waals surface area contributed by atoms with E-state index in [4.69, 9.17) is 9.47 Å². The van der Waals surface area contributed by atoms with Crippen LogP contribution in [0.3, 0.4) is 0 Å². The lowest BCUT2D eigenvalue weighted by Crippen LogP contribution is -2.54. The van der Waals surface area contributed by atoms with Crippen molar-refractivity contribution in [1.82, 2.24) is 4.90 Å². The number of rotatable bonds is 2. The van der Waals surface area contributed by atoms with Crippen LogP contribution in [0.4, 0.5) is 0 Å². The van der Waals surface area contributed by atoms with Crippen LogP contribution in [0.5, 0.6) is 5.75 Å². The lowest BCUT2D eigenvalue weighted by Gasteiger charge is -2.47. The topological polar surface area (TPSA) is 45.5 Å². The van der Waals surface area contributed by atoms with Crippen molar-refractivity contribution in [1.29, 1.82) is 5.26 Å². The van der Waals surface area contributed by atoms with E-state index in [-0.39, 0.29) is 17.7 Å². The third-order valence-electron chi connectivity index (χ3n) is 4.59. The van der Waals surface area contributed by atoms with Crippen molar-refractivity contribution < 1.29 is 9.47 Å². The van der Waals surface area contributed by atoms with E-state index in [9.17, 15) is 5.26 Å². The molecule has 0 N–H and O–H groups in total. The van der Waals surface area contributed by atoms with Crippen LogP contribution in [0.15, 0.2) is 18.2 Å². The minimum atomic E-state index is -0.386.